The van der Waals surface area contributed by atoms with Crippen molar-refractivity contribution in [3.63, 3.8) is 0 Å². The van der Waals surface area contributed by atoms with Crippen LogP contribution in [0.4, 0.5) is 10.8 Å². The van der Waals surface area contributed by atoms with Gasteiger partial charge in [0.25, 0.3) is 5.69 Å². The zero-order chi connectivity index (χ0) is 18.7. The van der Waals surface area contributed by atoms with Gasteiger partial charge in [-0.05, 0) is 36.8 Å². The van der Waals surface area contributed by atoms with Crippen molar-refractivity contribution in [1.29, 1.82) is 0 Å². The number of non-ortho nitro benzene ring substituents is 1. The molecule has 1 heterocycles. The predicted molar refractivity (Wildman–Crippen MR) is 107 cm³/mol. The second-order valence-electron chi connectivity index (χ2n) is 5.28. The van der Waals surface area contributed by atoms with Crippen LogP contribution in [-0.4, -0.2) is 15.6 Å². The van der Waals surface area contributed by atoms with Crippen LogP contribution in [0.3, 0.4) is 0 Å². The highest BCUT2D eigenvalue weighted by atomic mass is 35.5. The number of nitro benzene ring substituents is 1. The van der Waals surface area contributed by atoms with Crippen molar-refractivity contribution >= 4 is 51.1 Å². The van der Waals surface area contributed by atoms with Crippen molar-refractivity contribution in [2.24, 2.45) is 5.10 Å². The van der Waals surface area contributed by atoms with Gasteiger partial charge in [-0.1, -0.05) is 29.3 Å². The first-order chi connectivity index (χ1) is 12.4. The van der Waals surface area contributed by atoms with Crippen molar-refractivity contribution in [1.82, 2.24) is 4.98 Å². The van der Waals surface area contributed by atoms with Gasteiger partial charge in [0.1, 0.15) is 0 Å². The molecule has 0 bridgehead atoms. The van der Waals surface area contributed by atoms with Gasteiger partial charge in [0.05, 0.1) is 26.4 Å². The van der Waals surface area contributed by atoms with Crippen molar-refractivity contribution in [3.05, 3.63) is 73.6 Å². The summed E-state index contributed by atoms with van der Waals surface area (Å²) in [6.45, 7) is 1.84. The summed E-state index contributed by atoms with van der Waals surface area (Å²) in [6.07, 6.45) is 0. The van der Waals surface area contributed by atoms with Crippen LogP contribution in [-0.2, 0) is 0 Å². The summed E-state index contributed by atoms with van der Waals surface area (Å²) in [7, 11) is 0. The lowest BCUT2D eigenvalue weighted by molar-refractivity contribution is -0.384. The van der Waals surface area contributed by atoms with Gasteiger partial charge in [-0.2, -0.15) is 5.10 Å². The average molecular weight is 407 g/mol. The molecule has 0 fully saturated rings. The number of hydrogen-bond acceptors (Lipinski definition) is 6. The third kappa shape index (κ3) is 4.19. The minimum absolute atomic E-state index is 0.0455. The van der Waals surface area contributed by atoms with Crippen LogP contribution >= 0.6 is 34.5 Å². The molecule has 9 heteroatoms. The molecule has 1 aromatic heterocycles. The fourth-order valence-electron chi connectivity index (χ4n) is 2.13. The first-order valence-electron chi connectivity index (χ1n) is 7.40. The molecule has 0 amide bonds. The lowest BCUT2D eigenvalue weighted by Crippen LogP contribution is -1.99. The second-order valence-corrected chi connectivity index (χ2v) is 6.95. The monoisotopic (exact) mass is 406 g/mol. The Morgan fingerprint density at radius 3 is 2.58 bits per heavy atom. The number of halogens is 2. The third-order valence-corrected chi connectivity index (χ3v) is 5.02. The lowest BCUT2D eigenvalue weighted by atomic mass is 10.1. The highest BCUT2D eigenvalue weighted by molar-refractivity contribution is 7.14. The number of anilines is 1. The van der Waals surface area contributed by atoms with Gasteiger partial charge in [0.2, 0.25) is 5.13 Å². The van der Waals surface area contributed by atoms with Gasteiger partial charge < -0.3 is 0 Å². The van der Waals surface area contributed by atoms with E-state index in [9.17, 15) is 10.1 Å². The van der Waals surface area contributed by atoms with Gasteiger partial charge in [0.15, 0.2) is 0 Å². The maximum Gasteiger partial charge on any atom is 0.269 e. The Hall–Kier alpha value is -2.48. The molecule has 0 aliphatic rings. The van der Waals surface area contributed by atoms with Crippen LogP contribution in [0.15, 0.2) is 52.9 Å². The van der Waals surface area contributed by atoms with E-state index in [4.69, 9.17) is 23.2 Å². The average Bonchev–Trinajstić information content (AvgIpc) is 3.11. The molecule has 0 aliphatic heterocycles. The van der Waals surface area contributed by atoms with Gasteiger partial charge in [-0.25, -0.2) is 4.98 Å². The molecule has 26 heavy (non-hydrogen) atoms. The van der Waals surface area contributed by atoms with E-state index in [0.717, 1.165) is 22.5 Å². The first-order valence-corrected chi connectivity index (χ1v) is 9.03. The SMILES string of the molecule is C/C(=N\Nc1nc(-c2ccc([N+](=O)[O-])cc2)cs1)c1ccc(Cl)c(Cl)c1. The number of benzene rings is 2. The molecule has 0 atom stereocenters. The zero-order valence-electron chi connectivity index (χ0n) is 13.4. The number of nitrogens with one attached hydrogen (secondary N) is 1. The molecule has 3 rings (SSSR count). The maximum atomic E-state index is 10.7. The van der Waals surface area contributed by atoms with E-state index < -0.39 is 4.92 Å². The lowest BCUT2D eigenvalue weighted by Gasteiger charge is -2.03. The number of rotatable bonds is 5. The maximum absolute atomic E-state index is 10.7. The van der Waals surface area contributed by atoms with Crippen LogP contribution in [0.5, 0.6) is 0 Å². The number of nitro groups is 1. The summed E-state index contributed by atoms with van der Waals surface area (Å²) in [5.74, 6) is 0. The smallest absolute Gasteiger partial charge is 0.258 e. The van der Waals surface area contributed by atoms with E-state index in [2.05, 4.69) is 15.5 Å². The molecule has 0 radical (unpaired) electrons. The molecule has 3 aromatic rings. The molecule has 6 nitrogen and oxygen atoms in total. The molecular formula is C17H12Cl2N4O2S. The highest BCUT2D eigenvalue weighted by Crippen LogP contribution is 2.27. The number of hydrogen-bond donors (Lipinski definition) is 1. The van der Waals surface area contributed by atoms with E-state index in [1.165, 1.54) is 23.5 Å². The molecule has 0 aliphatic carbocycles. The highest BCUT2D eigenvalue weighted by Gasteiger charge is 2.08. The number of aromatic nitrogens is 1. The Bertz CT molecular complexity index is 987. The van der Waals surface area contributed by atoms with Crippen LogP contribution in [0.2, 0.25) is 10.0 Å². The Morgan fingerprint density at radius 2 is 1.92 bits per heavy atom. The summed E-state index contributed by atoms with van der Waals surface area (Å²) >= 11 is 13.3. The number of nitrogens with zero attached hydrogens (tertiary/aromatic N) is 3. The van der Waals surface area contributed by atoms with Gasteiger partial charge in [-0.15, -0.1) is 11.3 Å². The summed E-state index contributed by atoms with van der Waals surface area (Å²) in [5.41, 5.74) is 6.05. The predicted octanol–water partition coefficient (Wildman–Crippen LogP) is 5.86. The minimum Gasteiger partial charge on any atom is -0.258 e. The number of hydrazone groups is 1. The van der Waals surface area contributed by atoms with Crippen LogP contribution in [0.1, 0.15) is 12.5 Å². The second kappa shape index (κ2) is 7.82. The van der Waals surface area contributed by atoms with E-state index in [-0.39, 0.29) is 5.69 Å². The van der Waals surface area contributed by atoms with E-state index in [1.807, 2.05) is 18.4 Å². The summed E-state index contributed by atoms with van der Waals surface area (Å²) in [4.78, 5) is 14.7. The first kappa shape index (κ1) is 18.3. The van der Waals surface area contributed by atoms with E-state index in [0.29, 0.717) is 15.2 Å². The fourth-order valence-corrected chi connectivity index (χ4v) is 3.09. The fraction of sp³-hybridized carbons (Fsp3) is 0.0588. The Labute approximate surface area is 163 Å². The van der Waals surface area contributed by atoms with Gasteiger partial charge >= 0.3 is 0 Å². The summed E-state index contributed by atoms with van der Waals surface area (Å²) in [5, 5.41) is 18.4. The minimum atomic E-state index is -0.432. The molecule has 0 unspecified atom stereocenters. The molecule has 2 aromatic carbocycles. The summed E-state index contributed by atoms with van der Waals surface area (Å²) < 4.78 is 0. The Balaban J connectivity index is 1.73. The topological polar surface area (TPSA) is 80.4 Å². The summed E-state index contributed by atoms with van der Waals surface area (Å²) in [6, 6.07) is 11.5. The van der Waals surface area contributed by atoms with E-state index >= 15 is 0 Å². The largest absolute Gasteiger partial charge is 0.269 e. The van der Waals surface area contributed by atoms with Crippen LogP contribution < -0.4 is 5.43 Å². The molecule has 0 saturated carbocycles. The number of thiazole rings is 1. The molecule has 132 valence electrons. The zero-order valence-corrected chi connectivity index (χ0v) is 15.8. The van der Waals surface area contributed by atoms with Gasteiger partial charge in [0, 0.05) is 23.1 Å². The van der Waals surface area contributed by atoms with Crippen molar-refractivity contribution in [2.45, 2.75) is 6.92 Å². The quantitative estimate of drug-likeness (QED) is 0.326. The Kier molecular flexibility index (Phi) is 5.51. The molecule has 0 saturated heterocycles. The van der Waals surface area contributed by atoms with Crippen molar-refractivity contribution < 1.29 is 4.92 Å². The van der Waals surface area contributed by atoms with Crippen LogP contribution in [0, 0.1) is 10.1 Å². The third-order valence-electron chi connectivity index (χ3n) is 3.53. The standard InChI is InChI=1S/C17H12Cl2N4O2S/c1-10(12-4-7-14(18)15(19)8-12)21-22-17-20-16(9-26-17)11-2-5-13(6-3-11)23(24)25/h2-9H,1H3,(H,20,22)/b21-10+. The molecular weight excluding hydrogens is 395 g/mol. The van der Waals surface area contributed by atoms with E-state index in [1.54, 1.807) is 24.3 Å². The van der Waals surface area contributed by atoms with Crippen LogP contribution in [0.25, 0.3) is 11.3 Å². The van der Waals surface area contributed by atoms with Gasteiger partial charge in [-0.3, -0.25) is 15.5 Å². The molecule has 1 N–H and O–H groups in total. The van der Waals surface area contributed by atoms with Crippen molar-refractivity contribution in [3.8, 4) is 11.3 Å². The molecule has 0 spiro atoms. The Morgan fingerprint density at radius 1 is 1.19 bits per heavy atom. The normalized spacial score (nSPS) is 11.4. The van der Waals surface area contributed by atoms with Crippen molar-refractivity contribution in [2.75, 3.05) is 5.43 Å².